The van der Waals surface area contributed by atoms with Crippen LogP contribution in [0.3, 0.4) is 0 Å². The van der Waals surface area contributed by atoms with E-state index in [1.165, 1.54) is 16.8 Å². The summed E-state index contributed by atoms with van der Waals surface area (Å²) in [6, 6.07) is 9.86. The van der Waals surface area contributed by atoms with Crippen LogP contribution in [-0.4, -0.2) is 43.6 Å². The number of likely N-dealkylation sites (tertiary alicyclic amines) is 1. The highest BCUT2D eigenvalue weighted by atomic mass is 19.1. The lowest BCUT2D eigenvalue weighted by Gasteiger charge is -2.31. The molecule has 0 aliphatic carbocycles. The highest BCUT2D eigenvalue weighted by Crippen LogP contribution is 2.27. The second-order valence-corrected chi connectivity index (χ2v) is 7.58. The van der Waals surface area contributed by atoms with Gasteiger partial charge >= 0.3 is 0 Å². The number of aromatic nitrogens is 4. The minimum atomic E-state index is -0.383. The van der Waals surface area contributed by atoms with Crippen molar-refractivity contribution in [3.8, 4) is 0 Å². The molecule has 1 aliphatic rings. The van der Waals surface area contributed by atoms with Crippen LogP contribution in [0.15, 0.2) is 53.6 Å². The van der Waals surface area contributed by atoms with Crippen LogP contribution < -0.4 is 10.9 Å². The molecule has 8 nitrogen and oxygen atoms in total. The number of anilines is 2. The summed E-state index contributed by atoms with van der Waals surface area (Å²) in [5.74, 6) is 0.329. The molecule has 0 radical (unpaired) electrons. The van der Waals surface area contributed by atoms with E-state index in [0.29, 0.717) is 24.6 Å². The fourth-order valence-corrected chi connectivity index (χ4v) is 3.64. The fraction of sp³-hybridized carbons (Fsp3) is 0.318. The Morgan fingerprint density at radius 2 is 1.90 bits per heavy atom. The molecule has 0 bridgehead atoms. The minimum absolute atomic E-state index is 0.0405. The van der Waals surface area contributed by atoms with Gasteiger partial charge in [0.1, 0.15) is 18.2 Å². The van der Waals surface area contributed by atoms with Crippen LogP contribution in [0.25, 0.3) is 0 Å². The van der Waals surface area contributed by atoms with Crippen molar-refractivity contribution in [1.29, 1.82) is 0 Å². The normalized spacial score (nSPS) is 14.5. The van der Waals surface area contributed by atoms with Gasteiger partial charge in [-0.05, 0) is 50.1 Å². The van der Waals surface area contributed by atoms with E-state index in [4.69, 9.17) is 0 Å². The third-order valence-corrected chi connectivity index (χ3v) is 5.34. The number of piperidine rings is 1. The van der Waals surface area contributed by atoms with E-state index in [1.54, 1.807) is 30.2 Å². The second kappa shape index (κ2) is 9.03. The Bertz CT molecular complexity index is 1110. The first-order valence-electron chi connectivity index (χ1n) is 10.1. The van der Waals surface area contributed by atoms with Crippen molar-refractivity contribution in [2.45, 2.75) is 32.2 Å². The monoisotopic (exact) mass is 422 g/mol. The van der Waals surface area contributed by atoms with Crippen LogP contribution in [-0.2, 0) is 11.3 Å². The second-order valence-electron chi connectivity index (χ2n) is 7.58. The number of rotatable bonds is 5. The number of nitrogens with one attached hydrogen (secondary N) is 1. The zero-order valence-electron chi connectivity index (χ0n) is 17.2. The van der Waals surface area contributed by atoms with Crippen molar-refractivity contribution < 1.29 is 9.18 Å². The maximum Gasteiger partial charge on any atom is 0.267 e. The number of hydrogen-bond donors (Lipinski definition) is 1. The van der Waals surface area contributed by atoms with Gasteiger partial charge in [0, 0.05) is 30.8 Å². The van der Waals surface area contributed by atoms with Gasteiger partial charge < -0.3 is 10.2 Å². The maximum atomic E-state index is 13.0. The van der Waals surface area contributed by atoms with Crippen molar-refractivity contribution in [1.82, 2.24) is 24.6 Å². The van der Waals surface area contributed by atoms with Crippen LogP contribution >= 0.6 is 0 Å². The van der Waals surface area contributed by atoms with E-state index in [-0.39, 0.29) is 29.7 Å². The van der Waals surface area contributed by atoms with Crippen molar-refractivity contribution in [3.05, 3.63) is 76.4 Å². The SMILES string of the molecule is Cc1ccc(=O)n(CC(=O)N2CCC(c3ccc(Nc4ccc(F)cn4)cn3)CC2)n1. The molecular formula is C22H23FN6O2. The largest absolute Gasteiger partial charge is 0.341 e. The summed E-state index contributed by atoms with van der Waals surface area (Å²) in [6.07, 6.45) is 4.50. The van der Waals surface area contributed by atoms with E-state index in [9.17, 15) is 14.0 Å². The predicted octanol–water partition coefficient (Wildman–Crippen LogP) is 2.63. The first kappa shape index (κ1) is 20.6. The molecule has 0 saturated carbocycles. The Kier molecular flexibility index (Phi) is 6.01. The van der Waals surface area contributed by atoms with Crippen molar-refractivity contribution in [2.75, 3.05) is 18.4 Å². The minimum Gasteiger partial charge on any atom is -0.341 e. The summed E-state index contributed by atoms with van der Waals surface area (Å²) in [6.45, 7) is 2.98. The van der Waals surface area contributed by atoms with Crippen LogP contribution in [0, 0.1) is 12.7 Å². The predicted molar refractivity (Wildman–Crippen MR) is 114 cm³/mol. The smallest absolute Gasteiger partial charge is 0.267 e. The first-order valence-corrected chi connectivity index (χ1v) is 10.1. The molecule has 0 unspecified atom stereocenters. The molecule has 9 heteroatoms. The number of nitrogens with zero attached hydrogens (tertiary/aromatic N) is 5. The van der Waals surface area contributed by atoms with Gasteiger partial charge in [-0.15, -0.1) is 0 Å². The first-order chi connectivity index (χ1) is 15.0. The Morgan fingerprint density at radius 3 is 2.58 bits per heavy atom. The van der Waals surface area contributed by atoms with E-state index in [1.807, 2.05) is 12.1 Å². The Morgan fingerprint density at radius 1 is 1.10 bits per heavy atom. The molecule has 31 heavy (non-hydrogen) atoms. The molecule has 3 aromatic rings. The number of carbonyl (C=O) groups is 1. The molecule has 0 spiro atoms. The number of carbonyl (C=O) groups excluding carboxylic acids is 1. The Balaban J connectivity index is 1.32. The van der Waals surface area contributed by atoms with Crippen LogP contribution in [0.2, 0.25) is 0 Å². The standard InChI is InChI=1S/C22H23FN6O2/c1-15-2-7-21(30)29(27-15)14-22(31)28-10-8-16(9-11-28)19-5-4-18(13-24-19)26-20-6-3-17(23)12-25-20/h2-7,12-13,16H,8-11,14H2,1H3,(H,25,26). The quantitative estimate of drug-likeness (QED) is 0.680. The Labute approximate surface area is 178 Å². The number of pyridine rings is 2. The molecule has 1 saturated heterocycles. The van der Waals surface area contributed by atoms with Gasteiger partial charge in [0.15, 0.2) is 0 Å². The maximum absolute atomic E-state index is 13.0. The molecule has 4 rings (SSSR count). The Hall–Kier alpha value is -3.62. The van der Waals surface area contributed by atoms with Gasteiger partial charge in [-0.25, -0.2) is 14.1 Å². The molecule has 1 N–H and O–H groups in total. The fourth-order valence-electron chi connectivity index (χ4n) is 3.64. The lowest BCUT2D eigenvalue weighted by atomic mass is 9.93. The topological polar surface area (TPSA) is 93.0 Å². The zero-order chi connectivity index (χ0) is 21.8. The van der Waals surface area contributed by atoms with Crippen molar-refractivity contribution >= 4 is 17.4 Å². The summed E-state index contributed by atoms with van der Waals surface area (Å²) in [4.78, 5) is 34.8. The van der Waals surface area contributed by atoms with Crippen LogP contribution in [0.4, 0.5) is 15.9 Å². The average molecular weight is 422 g/mol. The average Bonchev–Trinajstić information content (AvgIpc) is 2.78. The summed E-state index contributed by atoms with van der Waals surface area (Å²) >= 11 is 0. The van der Waals surface area contributed by atoms with Crippen LogP contribution in [0.5, 0.6) is 0 Å². The van der Waals surface area contributed by atoms with Crippen molar-refractivity contribution in [3.63, 3.8) is 0 Å². The lowest BCUT2D eigenvalue weighted by Crippen LogP contribution is -2.41. The van der Waals surface area contributed by atoms with Gasteiger partial charge in [-0.1, -0.05) is 0 Å². The summed E-state index contributed by atoms with van der Waals surface area (Å²) in [7, 11) is 0. The van der Waals surface area contributed by atoms with E-state index >= 15 is 0 Å². The third kappa shape index (κ3) is 5.11. The lowest BCUT2D eigenvalue weighted by molar-refractivity contribution is -0.133. The van der Waals surface area contributed by atoms with Crippen LogP contribution in [0.1, 0.15) is 30.1 Å². The van der Waals surface area contributed by atoms with E-state index < -0.39 is 0 Å². The molecule has 3 aromatic heterocycles. The highest BCUT2D eigenvalue weighted by molar-refractivity contribution is 5.76. The summed E-state index contributed by atoms with van der Waals surface area (Å²) in [5.41, 5.74) is 2.17. The molecule has 0 aromatic carbocycles. The van der Waals surface area contributed by atoms with E-state index in [0.717, 1.165) is 30.4 Å². The molecule has 1 amide bonds. The summed E-state index contributed by atoms with van der Waals surface area (Å²) < 4.78 is 14.2. The number of halogens is 1. The number of amides is 1. The zero-order valence-corrected chi connectivity index (χ0v) is 17.2. The molecular weight excluding hydrogens is 399 g/mol. The van der Waals surface area contributed by atoms with Gasteiger partial charge in [0.05, 0.1) is 23.8 Å². The molecule has 1 fully saturated rings. The van der Waals surface area contributed by atoms with Gasteiger partial charge in [0.2, 0.25) is 5.91 Å². The number of aryl methyl sites for hydroxylation is 1. The molecule has 4 heterocycles. The van der Waals surface area contributed by atoms with Gasteiger partial charge in [0.25, 0.3) is 5.56 Å². The molecule has 160 valence electrons. The van der Waals surface area contributed by atoms with Crippen molar-refractivity contribution in [2.24, 2.45) is 0 Å². The highest BCUT2D eigenvalue weighted by Gasteiger charge is 2.25. The molecule has 1 aliphatic heterocycles. The van der Waals surface area contributed by atoms with E-state index in [2.05, 4.69) is 20.4 Å². The molecule has 0 atom stereocenters. The summed E-state index contributed by atoms with van der Waals surface area (Å²) in [5, 5.41) is 7.22. The third-order valence-electron chi connectivity index (χ3n) is 5.34. The van der Waals surface area contributed by atoms with Gasteiger partial charge in [-0.2, -0.15) is 5.10 Å². The van der Waals surface area contributed by atoms with Gasteiger partial charge in [-0.3, -0.25) is 14.6 Å². The number of hydrogen-bond acceptors (Lipinski definition) is 6.